The lowest BCUT2D eigenvalue weighted by Crippen LogP contribution is -2.29. The second kappa shape index (κ2) is 17.9. The number of benzene rings is 2. The van der Waals surface area contributed by atoms with Gasteiger partial charge in [-0.15, -0.1) is 0 Å². The summed E-state index contributed by atoms with van der Waals surface area (Å²) in [5, 5.41) is 9.51. The van der Waals surface area contributed by atoms with E-state index >= 15 is 0 Å². The van der Waals surface area contributed by atoms with E-state index in [2.05, 4.69) is 37.0 Å². The quantitative estimate of drug-likeness (QED) is 0.0699. The third kappa shape index (κ3) is 12.5. The largest absolute Gasteiger partial charge is 0.399 e. The molecule has 5 aromatic rings. The Labute approximate surface area is 325 Å². The number of carbonyl (C=O) groups excluding carboxylic acids is 4. The minimum absolute atomic E-state index is 0. The standard InChI is InChI=1S/C28H38N4O4.C13H12N4.2CH4/c1-26(2,3)23(34)30-19-12-10-17(11-13-19)21(33)14-18-15-22(32-25(36)28(7,8)9)29-16-20(18)31-24(35)27(4,5)6;14-10-3-1-8(2-4-10)11-5-9-6-13(15)16-7-12(9)17-11;;/h10-13,15-16H,14H2,1-9H3,(H,30,34)(H,31,35)(H,29,32,36);1-7,17H,14H2,(H2,15,16);2*1H4. The molecular formula is C43H58N8O4. The lowest BCUT2D eigenvalue weighted by Gasteiger charge is -2.21. The Balaban J connectivity index is 0.000000457. The van der Waals surface area contributed by atoms with Crippen molar-refractivity contribution in [1.82, 2.24) is 15.0 Å². The molecule has 0 aliphatic rings. The van der Waals surface area contributed by atoms with E-state index in [1.165, 1.54) is 6.20 Å². The van der Waals surface area contributed by atoms with Gasteiger partial charge in [0.2, 0.25) is 17.7 Å². The number of aromatic nitrogens is 3. The van der Waals surface area contributed by atoms with Crippen LogP contribution in [0.5, 0.6) is 0 Å². The number of amides is 3. The molecule has 0 aliphatic heterocycles. The fourth-order valence-corrected chi connectivity index (χ4v) is 4.64. The van der Waals surface area contributed by atoms with Crippen molar-refractivity contribution in [2.24, 2.45) is 16.2 Å². The Morgan fingerprint density at radius 2 is 1.20 bits per heavy atom. The van der Waals surface area contributed by atoms with Crippen LogP contribution in [-0.4, -0.2) is 38.5 Å². The van der Waals surface area contributed by atoms with Gasteiger partial charge in [-0.3, -0.25) is 19.2 Å². The van der Waals surface area contributed by atoms with E-state index in [0.29, 0.717) is 34.1 Å². The number of nitrogens with zero attached hydrogens (tertiary/aromatic N) is 2. The van der Waals surface area contributed by atoms with E-state index < -0.39 is 16.2 Å². The first kappa shape index (κ1) is 45.1. The molecule has 8 N–H and O–H groups in total. The van der Waals surface area contributed by atoms with Gasteiger partial charge < -0.3 is 32.4 Å². The molecule has 12 heteroatoms. The molecule has 0 saturated carbocycles. The highest BCUT2D eigenvalue weighted by Gasteiger charge is 2.25. The Kier molecular flexibility index (Phi) is 14.6. The third-order valence-electron chi connectivity index (χ3n) is 8.09. The molecule has 5 rings (SSSR count). The molecule has 0 spiro atoms. The maximum Gasteiger partial charge on any atom is 0.230 e. The first-order valence-corrected chi connectivity index (χ1v) is 17.3. The van der Waals surface area contributed by atoms with Crippen LogP contribution < -0.4 is 27.4 Å². The molecule has 0 unspecified atom stereocenters. The number of rotatable bonds is 7. The summed E-state index contributed by atoms with van der Waals surface area (Å²) in [7, 11) is 0. The lowest BCUT2D eigenvalue weighted by molar-refractivity contribution is -0.123. The average Bonchev–Trinajstić information content (AvgIpc) is 3.48. The number of carbonyl (C=O) groups is 4. The Hall–Kier alpha value is -6.04. The first-order valence-electron chi connectivity index (χ1n) is 17.3. The van der Waals surface area contributed by atoms with Crippen molar-refractivity contribution in [1.29, 1.82) is 0 Å². The van der Waals surface area contributed by atoms with Crippen LogP contribution in [0.25, 0.3) is 22.2 Å². The fourth-order valence-electron chi connectivity index (χ4n) is 4.64. The van der Waals surface area contributed by atoms with Crippen LogP contribution in [0.1, 0.15) is 93.1 Å². The Bertz CT molecular complexity index is 2120. The summed E-state index contributed by atoms with van der Waals surface area (Å²) in [4.78, 5) is 62.0. The van der Waals surface area contributed by atoms with Gasteiger partial charge in [0.15, 0.2) is 5.78 Å². The molecule has 12 nitrogen and oxygen atoms in total. The number of hydrogen-bond donors (Lipinski definition) is 6. The van der Waals surface area contributed by atoms with Crippen molar-refractivity contribution < 1.29 is 19.2 Å². The predicted octanol–water partition coefficient (Wildman–Crippen LogP) is 9.13. The van der Waals surface area contributed by atoms with Crippen LogP contribution in [0.2, 0.25) is 0 Å². The van der Waals surface area contributed by atoms with E-state index in [0.717, 1.165) is 27.8 Å². The van der Waals surface area contributed by atoms with Gasteiger partial charge in [0.25, 0.3) is 0 Å². The fraction of sp³-hybridized carbons (Fsp3) is 0.349. The second-order valence-corrected chi connectivity index (χ2v) is 16.0. The highest BCUT2D eigenvalue weighted by molar-refractivity contribution is 6.01. The molecule has 0 fully saturated rings. The summed E-state index contributed by atoms with van der Waals surface area (Å²) in [6.07, 6.45) is 3.18. The molecule has 55 heavy (non-hydrogen) atoms. The average molecular weight is 751 g/mol. The van der Waals surface area contributed by atoms with Gasteiger partial charge in [-0.1, -0.05) is 89.3 Å². The van der Waals surface area contributed by atoms with Gasteiger partial charge in [-0.05, 0) is 65.7 Å². The van der Waals surface area contributed by atoms with Gasteiger partial charge in [0.05, 0.1) is 23.6 Å². The van der Waals surface area contributed by atoms with Crippen molar-refractivity contribution >= 4 is 63.1 Å². The van der Waals surface area contributed by atoms with Crippen molar-refractivity contribution in [3.05, 3.63) is 90.3 Å². The zero-order valence-electron chi connectivity index (χ0n) is 31.9. The van der Waals surface area contributed by atoms with E-state index in [4.69, 9.17) is 11.5 Å². The van der Waals surface area contributed by atoms with Crippen molar-refractivity contribution in [2.75, 3.05) is 27.4 Å². The molecule has 0 aliphatic carbocycles. The van der Waals surface area contributed by atoms with E-state index in [1.54, 1.807) is 78.1 Å². The zero-order chi connectivity index (χ0) is 39.3. The van der Waals surface area contributed by atoms with Crippen molar-refractivity contribution in [3.63, 3.8) is 0 Å². The first-order chi connectivity index (χ1) is 24.6. The SMILES string of the molecule is C.C.CC(C)(C)C(=O)Nc1ccc(C(=O)Cc2cc(NC(=O)C(C)(C)C)ncc2NC(=O)C(C)(C)C)cc1.Nc1ccc(-c2cc3cc(N)ncc3[nH]2)cc1. The minimum Gasteiger partial charge on any atom is -0.399 e. The van der Waals surface area contributed by atoms with Crippen LogP contribution in [0.4, 0.5) is 28.7 Å². The number of ketones is 1. The number of Topliss-reactive ketones (excluding diaryl/α,β-unsaturated/α-hetero) is 1. The number of H-pyrrole nitrogens is 1. The van der Waals surface area contributed by atoms with Crippen LogP contribution in [-0.2, 0) is 20.8 Å². The smallest absolute Gasteiger partial charge is 0.230 e. The number of hydrogen-bond acceptors (Lipinski definition) is 8. The molecule has 3 amide bonds. The van der Waals surface area contributed by atoms with Crippen LogP contribution in [0.15, 0.2) is 79.1 Å². The van der Waals surface area contributed by atoms with Crippen LogP contribution in [0, 0.1) is 16.2 Å². The maximum absolute atomic E-state index is 13.1. The Morgan fingerprint density at radius 3 is 1.76 bits per heavy atom. The molecule has 3 aromatic heterocycles. The van der Waals surface area contributed by atoms with Gasteiger partial charge in [-0.25, -0.2) is 9.97 Å². The normalized spacial score (nSPS) is 11.2. The number of nitrogens with one attached hydrogen (secondary N) is 4. The van der Waals surface area contributed by atoms with E-state index in [-0.39, 0.29) is 44.8 Å². The summed E-state index contributed by atoms with van der Waals surface area (Å²) in [6.45, 7) is 16.2. The van der Waals surface area contributed by atoms with E-state index in [1.807, 2.05) is 51.1 Å². The lowest BCUT2D eigenvalue weighted by atomic mass is 9.94. The van der Waals surface area contributed by atoms with Crippen molar-refractivity contribution in [2.45, 2.75) is 83.6 Å². The molecule has 0 radical (unpaired) electrons. The third-order valence-corrected chi connectivity index (χ3v) is 8.09. The summed E-state index contributed by atoms with van der Waals surface area (Å²) in [5.74, 6) is 0.0822. The van der Waals surface area contributed by atoms with Gasteiger partial charge >= 0.3 is 0 Å². The molecular weight excluding hydrogens is 693 g/mol. The molecule has 2 aromatic carbocycles. The van der Waals surface area contributed by atoms with Crippen molar-refractivity contribution in [3.8, 4) is 11.3 Å². The number of aromatic amines is 1. The molecule has 0 saturated heterocycles. The summed E-state index contributed by atoms with van der Waals surface area (Å²) < 4.78 is 0. The minimum atomic E-state index is -0.645. The van der Waals surface area contributed by atoms with Crippen LogP contribution >= 0.6 is 0 Å². The van der Waals surface area contributed by atoms with Gasteiger partial charge in [-0.2, -0.15) is 0 Å². The number of fused-ring (bicyclic) bond motifs is 1. The highest BCUT2D eigenvalue weighted by atomic mass is 16.2. The maximum atomic E-state index is 13.1. The van der Waals surface area contributed by atoms with E-state index in [9.17, 15) is 19.2 Å². The zero-order valence-corrected chi connectivity index (χ0v) is 31.9. The predicted molar refractivity (Wildman–Crippen MR) is 227 cm³/mol. The second-order valence-electron chi connectivity index (χ2n) is 16.0. The Morgan fingerprint density at radius 1 is 0.655 bits per heavy atom. The number of nitrogens with two attached hydrogens (primary N) is 2. The summed E-state index contributed by atoms with van der Waals surface area (Å²) in [6, 6.07) is 19.9. The molecule has 3 heterocycles. The summed E-state index contributed by atoms with van der Waals surface area (Å²) in [5.41, 5.74) is 15.4. The summed E-state index contributed by atoms with van der Waals surface area (Å²) >= 11 is 0. The molecule has 294 valence electrons. The molecule has 0 bridgehead atoms. The number of anilines is 5. The number of nitrogen functional groups attached to an aromatic ring is 2. The number of pyridine rings is 2. The van der Waals surface area contributed by atoms with Crippen LogP contribution in [0.3, 0.4) is 0 Å². The monoisotopic (exact) mass is 750 g/mol. The highest BCUT2D eigenvalue weighted by Crippen LogP contribution is 2.27. The molecule has 0 atom stereocenters. The van der Waals surface area contributed by atoms with Gasteiger partial charge in [0.1, 0.15) is 11.6 Å². The topological polar surface area (TPSA) is 198 Å². The van der Waals surface area contributed by atoms with Gasteiger partial charge in [0, 0.05) is 50.7 Å².